The van der Waals surface area contributed by atoms with Crippen molar-refractivity contribution < 1.29 is 4.79 Å². The van der Waals surface area contributed by atoms with E-state index in [4.69, 9.17) is 29.6 Å². The zero-order valence-corrected chi connectivity index (χ0v) is 11.4. The number of benzene rings is 1. The van der Waals surface area contributed by atoms with Crippen LogP contribution < -0.4 is 11.1 Å². The summed E-state index contributed by atoms with van der Waals surface area (Å²) in [7, 11) is 0. The summed E-state index contributed by atoms with van der Waals surface area (Å²) in [5.41, 5.74) is 6.95. The first-order valence-electron chi connectivity index (χ1n) is 5.25. The third kappa shape index (κ3) is 3.98. The number of nitrogens with two attached hydrogens (primary N) is 1. The van der Waals surface area contributed by atoms with Gasteiger partial charge in [-0.1, -0.05) is 36.8 Å². The van der Waals surface area contributed by atoms with Gasteiger partial charge < -0.3 is 11.1 Å². The summed E-state index contributed by atoms with van der Waals surface area (Å²) in [6.07, 6.45) is 0. The van der Waals surface area contributed by atoms with Crippen LogP contribution in [0.15, 0.2) is 18.2 Å². The van der Waals surface area contributed by atoms with E-state index in [2.05, 4.69) is 5.32 Å². The second-order valence-electron chi connectivity index (χ2n) is 4.00. The van der Waals surface area contributed by atoms with Crippen LogP contribution in [0.25, 0.3) is 0 Å². The first-order chi connectivity index (χ1) is 7.91. The zero-order valence-electron chi connectivity index (χ0n) is 9.79. The van der Waals surface area contributed by atoms with Crippen molar-refractivity contribution in [1.29, 1.82) is 0 Å². The number of carbonyl (C=O) groups is 1. The van der Waals surface area contributed by atoms with Crippen LogP contribution in [0.3, 0.4) is 0 Å². The van der Waals surface area contributed by atoms with E-state index in [0.29, 0.717) is 22.1 Å². The lowest BCUT2D eigenvalue weighted by atomic mass is 10.1. The molecule has 0 radical (unpaired) electrons. The number of rotatable bonds is 4. The van der Waals surface area contributed by atoms with E-state index < -0.39 is 0 Å². The fourth-order valence-electron chi connectivity index (χ4n) is 1.25. The number of aryl methyl sites for hydroxylation is 1. The van der Waals surface area contributed by atoms with Crippen LogP contribution in [-0.4, -0.2) is 17.4 Å². The molecule has 1 atom stereocenters. The first-order valence-corrected chi connectivity index (χ1v) is 6.04. The van der Waals surface area contributed by atoms with E-state index in [1.54, 1.807) is 12.1 Å². The van der Waals surface area contributed by atoms with Gasteiger partial charge in [0.2, 0.25) is 0 Å². The highest BCUT2D eigenvalue weighted by molar-refractivity contribution is 7.80. The van der Waals surface area contributed by atoms with Crippen molar-refractivity contribution in [3.05, 3.63) is 34.3 Å². The van der Waals surface area contributed by atoms with E-state index in [1.165, 1.54) is 0 Å². The number of halogens is 1. The fraction of sp³-hybridized carbons (Fsp3) is 0.333. The van der Waals surface area contributed by atoms with E-state index in [1.807, 2.05) is 19.9 Å². The van der Waals surface area contributed by atoms with Gasteiger partial charge in [-0.25, -0.2) is 0 Å². The number of hydrogen-bond donors (Lipinski definition) is 2. The molecular formula is C12H15ClN2OS. The van der Waals surface area contributed by atoms with E-state index in [9.17, 15) is 4.79 Å². The smallest absolute Gasteiger partial charge is 0.252 e. The lowest BCUT2D eigenvalue weighted by Crippen LogP contribution is -2.33. The molecule has 0 aliphatic rings. The minimum absolute atomic E-state index is 0.0295. The van der Waals surface area contributed by atoms with Gasteiger partial charge in [0.05, 0.1) is 15.6 Å². The highest BCUT2D eigenvalue weighted by Gasteiger charge is 2.12. The zero-order chi connectivity index (χ0) is 13.0. The summed E-state index contributed by atoms with van der Waals surface area (Å²) in [5, 5.41) is 3.20. The third-order valence-corrected chi connectivity index (χ3v) is 3.14. The summed E-state index contributed by atoms with van der Waals surface area (Å²) in [6, 6.07) is 5.31. The Labute approximate surface area is 111 Å². The van der Waals surface area contributed by atoms with Crippen molar-refractivity contribution in [3.63, 3.8) is 0 Å². The van der Waals surface area contributed by atoms with Gasteiger partial charge in [0.15, 0.2) is 0 Å². The van der Waals surface area contributed by atoms with Gasteiger partial charge in [0.1, 0.15) is 0 Å². The van der Waals surface area contributed by atoms with Crippen LogP contribution in [0.1, 0.15) is 22.8 Å². The van der Waals surface area contributed by atoms with E-state index in [0.717, 1.165) is 5.56 Å². The van der Waals surface area contributed by atoms with Crippen molar-refractivity contribution in [2.45, 2.75) is 13.8 Å². The molecule has 5 heteroatoms. The maximum absolute atomic E-state index is 11.8. The molecule has 0 saturated heterocycles. The lowest BCUT2D eigenvalue weighted by molar-refractivity contribution is 0.0951. The SMILES string of the molecule is Cc1ccc(C(=O)NCC(C)C(N)=S)c(Cl)c1. The number of hydrogen-bond acceptors (Lipinski definition) is 2. The summed E-state index contributed by atoms with van der Waals surface area (Å²) in [5.74, 6) is -0.240. The largest absolute Gasteiger partial charge is 0.393 e. The van der Waals surface area contributed by atoms with Crippen molar-refractivity contribution in [2.24, 2.45) is 11.7 Å². The molecule has 17 heavy (non-hydrogen) atoms. The van der Waals surface area contributed by atoms with Gasteiger partial charge in [-0.15, -0.1) is 0 Å². The monoisotopic (exact) mass is 270 g/mol. The van der Waals surface area contributed by atoms with Crippen LogP contribution in [0.4, 0.5) is 0 Å². The third-order valence-electron chi connectivity index (χ3n) is 2.42. The highest BCUT2D eigenvalue weighted by atomic mass is 35.5. The van der Waals surface area contributed by atoms with Gasteiger partial charge in [-0.05, 0) is 24.6 Å². The Morgan fingerprint density at radius 2 is 2.24 bits per heavy atom. The molecule has 0 aliphatic heterocycles. The fourth-order valence-corrected chi connectivity index (χ4v) is 1.65. The van der Waals surface area contributed by atoms with Crippen molar-refractivity contribution in [1.82, 2.24) is 5.32 Å². The second kappa shape index (κ2) is 5.98. The lowest BCUT2D eigenvalue weighted by Gasteiger charge is -2.11. The maximum Gasteiger partial charge on any atom is 0.252 e. The quantitative estimate of drug-likeness (QED) is 0.826. The molecule has 0 saturated carbocycles. The summed E-state index contributed by atoms with van der Waals surface area (Å²) >= 11 is 10.8. The Balaban J connectivity index is 2.67. The number of amides is 1. The van der Waals surface area contributed by atoms with Crippen molar-refractivity contribution in [3.8, 4) is 0 Å². The number of thiocarbonyl (C=S) groups is 1. The van der Waals surface area contributed by atoms with Crippen LogP contribution in [-0.2, 0) is 0 Å². The van der Waals surface area contributed by atoms with Crippen LogP contribution in [0, 0.1) is 12.8 Å². The van der Waals surface area contributed by atoms with Crippen LogP contribution in [0.2, 0.25) is 5.02 Å². The molecule has 3 N–H and O–H groups in total. The Morgan fingerprint density at radius 3 is 2.76 bits per heavy atom. The summed E-state index contributed by atoms with van der Waals surface area (Å²) in [4.78, 5) is 12.2. The maximum atomic E-state index is 11.8. The molecule has 3 nitrogen and oxygen atoms in total. The molecule has 0 heterocycles. The number of carbonyl (C=O) groups excluding carboxylic acids is 1. The van der Waals surface area contributed by atoms with Gasteiger partial charge >= 0.3 is 0 Å². The molecule has 0 fully saturated rings. The van der Waals surface area contributed by atoms with Gasteiger partial charge in [0.25, 0.3) is 5.91 Å². The molecule has 1 unspecified atom stereocenters. The molecular weight excluding hydrogens is 256 g/mol. The Hall–Kier alpha value is -1.13. The standard InChI is InChI=1S/C12H15ClN2OS/c1-7-3-4-9(10(13)5-7)12(16)15-6-8(2)11(14)17/h3-5,8H,6H2,1-2H3,(H2,14,17)(H,15,16). The van der Waals surface area contributed by atoms with Gasteiger partial charge in [-0.3, -0.25) is 4.79 Å². The molecule has 0 aromatic heterocycles. The minimum Gasteiger partial charge on any atom is -0.393 e. The van der Waals surface area contributed by atoms with Crippen LogP contribution >= 0.6 is 23.8 Å². The molecule has 1 aromatic carbocycles. The Morgan fingerprint density at radius 1 is 1.59 bits per heavy atom. The number of nitrogens with one attached hydrogen (secondary N) is 1. The topological polar surface area (TPSA) is 55.1 Å². The predicted octanol–water partition coefficient (Wildman–Crippen LogP) is 2.30. The average Bonchev–Trinajstić information content (AvgIpc) is 2.25. The molecule has 1 rings (SSSR count). The van der Waals surface area contributed by atoms with E-state index in [-0.39, 0.29) is 11.8 Å². The molecule has 1 amide bonds. The van der Waals surface area contributed by atoms with Crippen molar-refractivity contribution in [2.75, 3.05) is 6.54 Å². The van der Waals surface area contributed by atoms with E-state index >= 15 is 0 Å². The van der Waals surface area contributed by atoms with Gasteiger partial charge in [0, 0.05) is 12.5 Å². The van der Waals surface area contributed by atoms with Gasteiger partial charge in [-0.2, -0.15) is 0 Å². The normalized spacial score (nSPS) is 11.9. The molecule has 0 spiro atoms. The van der Waals surface area contributed by atoms with Crippen molar-refractivity contribution >= 4 is 34.7 Å². The second-order valence-corrected chi connectivity index (χ2v) is 4.88. The highest BCUT2D eigenvalue weighted by Crippen LogP contribution is 2.17. The minimum atomic E-state index is -0.210. The molecule has 1 aromatic rings. The summed E-state index contributed by atoms with van der Waals surface area (Å²) < 4.78 is 0. The Bertz CT molecular complexity index is 448. The molecule has 92 valence electrons. The summed E-state index contributed by atoms with van der Waals surface area (Å²) in [6.45, 7) is 4.19. The predicted molar refractivity (Wildman–Crippen MR) is 74.5 cm³/mol. The average molecular weight is 271 g/mol. The first kappa shape index (κ1) is 13.9. The van der Waals surface area contributed by atoms with Crippen LogP contribution in [0.5, 0.6) is 0 Å². The molecule has 0 bridgehead atoms. The molecule has 0 aliphatic carbocycles. The Kier molecular flexibility index (Phi) is 4.90.